The fourth-order valence-electron chi connectivity index (χ4n) is 5.35. The molecule has 3 aromatic rings. The summed E-state index contributed by atoms with van der Waals surface area (Å²) >= 11 is 0. The number of benzene rings is 3. The highest BCUT2D eigenvalue weighted by Gasteiger charge is 2.28. The number of aliphatic hydroxyl groups is 2. The third kappa shape index (κ3) is 7.47. The summed E-state index contributed by atoms with van der Waals surface area (Å²) in [5, 5.41) is 42.0. The Kier molecular flexibility index (Phi) is 10.7. The van der Waals surface area contributed by atoms with Crippen LogP contribution < -0.4 is 10.1 Å². The first-order valence-electron chi connectivity index (χ1n) is 14.0. The Morgan fingerprint density at radius 3 is 2.55 bits per heavy atom. The maximum Gasteiger partial charge on any atom is 0.168 e. The number of nitrogens with zero attached hydrogens (tertiary/aromatic N) is 3. The van der Waals surface area contributed by atoms with Crippen LogP contribution in [0.4, 0.5) is 0 Å². The quantitative estimate of drug-likeness (QED) is 0.230. The van der Waals surface area contributed by atoms with E-state index in [1.807, 2.05) is 48.5 Å². The molecule has 4 rings (SSSR count). The van der Waals surface area contributed by atoms with Gasteiger partial charge in [0.2, 0.25) is 0 Å². The summed E-state index contributed by atoms with van der Waals surface area (Å²) in [6.45, 7) is 5.17. The predicted molar refractivity (Wildman–Crippen MR) is 155 cm³/mol. The molecule has 0 amide bonds. The second-order valence-electron chi connectivity index (χ2n) is 10.3. The third-order valence-electron chi connectivity index (χ3n) is 7.59. The van der Waals surface area contributed by atoms with E-state index in [0.717, 1.165) is 71.4 Å². The van der Waals surface area contributed by atoms with E-state index in [2.05, 4.69) is 41.4 Å². The minimum absolute atomic E-state index is 0.390. The Morgan fingerprint density at radius 1 is 1.00 bits per heavy atom. The van der Waals surface area contributed by atoms with Gasteiger partial charge >= 0.3 is 0 Å². The van der Waals surface area contributed by atoms with Crippen LogP contribution in [0.1, 0.15) is 47.1 Å². The topological polar surface area (TPSA) is 113 Å². The maximum atomic E-state index is 10.0. The normalized spacial score (nSPS) is 15.5. The summed E-state index contributed by atoms with van der Waals surface area (Å²) in [6.07, 6.45) is 2.15. The molecular formula is C33H38N4O3. The van der Waals surface area contributed by atoms with Crippen LogP contribution in [0, 0.1) is 29.6 Å². The van der Waals surface area contributed by atoms with Crippen molar-refractivity contribution < 1.29 is 14.9 Å². The molecule has 0 saturated carbocycles. The van der Waals surface area contributed by atoms with Gasteiger partial charge in [0.15, 0.2) is 6.29 Å². The van der Waals surface area contributed by atoms with Crippen LogP contribution in [0.25, 0.3) is 11.1 Å². The minimum Gasteiger partial charge on any atom is -0.493 e. The van der Waals surface area contributed by atoms with Gasteiger partial charge in [-0.2, -0.15) is 10.5 Å². The largest absolute Gasteiger partial charge is 0.493 e. The standard InChI is InChI=1S/C33H38N4O3/c1-24-19-28(23-37-17-16-36-22-31(37)33(38)39)32(40-18-7-3-6-15-34)20-27(24)14-13-26-11-8-12-29(30(26)21-35)25-9-4-2-5-10-25/h2,4-5,8-12,19-20,31,33,36,38-39H,3,6-7,13-14,16-18,22-23H2,1H3/t31-/m0/s1. The van der Waals surface area contributed by atoms with Crippen LogP contribution in [0.2, 0.25) is 0 Å². The fraction of sp³-hybridized carbons (Fsp3) is 0.394. The van der Waals surface area contributed by atoms with Crippen molar-refractivity contribution >= 4 is 0 Å². The van der Waals surface area contributed by atoms with E-state index in [-0.39, 0.29) is 0 Å². The Balaban J connectivity index is 1.57. The molecule has 1 saturated heterocycles. The molecular weight excluding hydrogens is 500 g/mol. The Bertz CT molecular complexity index is 1340. The molecule has 7 heteroatoms. The number of aliphatic hydroxyl groups excluding tert-OH is 1. The molecule has 0 unspecified atom stereocenters. The van der Waals surface area contributed by atoms with Gasteiger partial charge in [0.05, 0.1) is 24.3 Å². The van der Waals surface area contributed by atoms with E-state index in [1.165, 1.54) is 0 Å². The summed E-state index contributed by atoms with van der Waals surface area (Å²) in [7, 11) is 0. The highest BCUT2D eigenvalue weighted by Crippen LogP contribution is 2.30. The SMILES string of the molecule is Cc1cc(CN2CCNC[C@H]2C(O)O)c(OCCCCC#N)cc1CCc1cccc(-c2ccccc2)c1C#N. The first-order chi connectivity index (χ1) is 19.5. The molecule has 1 fully saturated rings. The lowest BCUT2D eigenvalue weighted by molar-refractivity contribution is -0.107. The van der Waals surface area contributed by atoms with E-state index < -0.39 is 12.3 Å². The highest BCUT2D eigenvalue weighted by molar-refractivity contribution is 5.72. The number of hydrogen-bond acceptors (Lipinski definition) is 7. The number of hydrogen-bond donors (Lipinski definition) is 3. The number of unbranched alkanes of at least 4 members (excludes halogenated alkanes) is 2. The lowest BCUT2D eigenvalue weighted by atomic mass is 9.92. The van der Waals surface area contributed by atoms with E-state index in [0.29, 0.717) is 38.2 Å². The van der Waals surface area contributed by atoms with Crippen LogP contribution in [0.5, 0.6) is 5.75 Å². The zero-order valence-electron chi connectivity index (χ0n) is 23.1. The molecule has 1 heterocycles. The van der Waals surface area contributed by atoms with Crippen molar-refractivity contribution in [3.8, 4) is 29.0 Å². The van der Waals surface area contributed by atoms with Crippen molar-refractivity contribution in [3.05, 3.63) is 88.5 Å². The molecule has 1 aliphatic rings. The molecule has 0 radical (unpaired) electrons. The Hall–Kier alpha value is -3.72. The summed E-state index contributed by atoms with van der Waals surface area (Å²) in [4.78, 5) is 2.09. The number of nitrogens with one attached hydrogen (secondary N) is 1. The van der Waals surface area contributed by atoms with Gasteiger partial charge in [-0.05, 0) is 66.5 Å². The molecule has 3 N–H and O–H groups in total. The molecule has 0 aromatic heterocycles. The Labute approximate surface area is 237 Å². The molecule has 1 aliphatic heterocycles. The molecule has 1 atom stereocenters. The first kappa shape index (κ1) is 29.3. The van der Waals surface area contributed by atoms with Crippen molar-refractivity contribution in [2.45, 2.75) is 57.9 Å². The Morgan fingerprint density at radius 2 is 1.80 bits per heavy atom. The van der Waals surface area contributed by atoms with Gasteiger partial charge in [0.1, 0.15) is 11.8 Å². The summed E-state index contributed by atoms with van der Waals surface area (Å²) in [6, 6.07) is 24.5. The molecule has 0 aliphatic carbocycles. The average Bonchev–Trinajstić information content (AvgIpc) is 2.97. The molecule has 208 valence electrons. The first-order valence-corrected chi connectivity index (χ1v) is 14.0. The van der Waals surface area contributed by atoms with Gasteiger partial charge in [-0.3, -0.25) is 4.90 Å². The van der Waals surface area contributed by atoms with Gasteiger partial charge in [-0.25, -0.2) is 0 Å². The molecule has 0 spiro atoms. The summed E-state index contributed by atoms with van der Waals surface area (Å²) < 4.78 is 6.26. The van der Waals surface area contributed by atoms with Crippen LogP contribution in [-0.2, 0) is 19.4 Å². The second kappa shape index (κ2) is 14.6. The molecule has 3 aromatic carbocycles. The summed E-state index contributed by atoms with van der Waals surface area (Å²) in [5.74, 6) is 0.792. The van der Waals surface area contributed by atoms with E-state index >= 15 is 0 Å². The summed E-state index contributed by atoms with van der Waals surface area (Å²) in [5.41, 5.74) is 7.03. The lowest BCUT2D eigenvalue weighted by Crippen LogP contribution is -2.55. The van der Waals surface area contributed by atoms with E-state index in [4.69, 9.17) is 10.00 Å². The monoisotopic (exact) mass is 538 g/mol. The van der Waals surface area contributed by atoms with Crippen molar-refractivity contribution in [3.63, 3.8) is 0 Å². The van der Waals surface area contributed by atoms with Crippen LogP contribution in [-0.4, -0.2) is 53.7 Å². The van der Waals surface area contributed by atoms with Crippen molar-refractivity contribution in [1.29, 1.82) is 10.5 Å². The van der Waals surface area contributed by atoms with Crippen molar-refractivity contribution in [2.24, 2.45) is 0 Å². The van der Waals surface area contributed by atoms with Crippen LogP contribution in [0.15, 0.2) is 60.7 Å². The van der Waals surface area contributed by atoms with Gasteiger partial charge < -0.3 is 20.3 Å². The predicted octanol–water partition coefficient (Wildman–Crippen LogP) is 4.48. The molecule has 40 heavy (non-hydrogen) atoms. The number of nitriles is 2. The number of rotatable bonds is 12. The smallest absolute Gasteiger partial charge is 0.168 e. The zero-order chi connectivity index (χ0) is 28.3. The second-order valence-corrected chi connectivity index (χ2v) is 10.3. The third-order valence-corrected chi connectivity index (χ3v) is 7.59. The number of ether oxygens (including phenoxy) is 1. The lowest BCUT2D eigenvalue weighted by Gasteiger charge is -2.37. The molecule has 0 bridgehead atoms. The van der Waals surface area contributed by atoms with E-state index in [9.17, 15) is 15.5 Å². The number of piperazine rings is 1. The molecule has 7 nitrogen and oxygen atoms in total. The van der Waals surface area contributed by atoms with Crippen LogP contribution in [0.3, 0.4) is 0 Å². The number of aryl methyl sites for hydroxylation is 3. The van der Waals surface area contributed by atoms with Gasteiger partial charge in [0.25, 0.3) is 0 Å². The van der Waals surface area contributed by atoms with E-state index in [1.54, 1.807) is 0 Å². The van der Waals surface area contributed by atoms with Crippen molar-refractivity contribution in [1.82, 2.24) is 10.2 Å². The van der Waals surface area contributed by atoms with Gasteiger partial charge in [0, 0.05) is 38.2 Å². The van der Waals surface area contributed by atoms with Crippen LogP contribution >= 0.6 is 0 Å². The van der Waals surface area contributed by atoms with Gasteiger partial charge in [-0.15, -0.1) is 0 Å². The fourth-order valence-corrected chi connectivity index (χ4v) is 5.35. The zero-order valence-corrected chi connectivity index (χ0v) is 23.1. The minimum atomic E-state index is -1.43. The maximum absolute atomic E-state index is 10.0. The van der Waals surface area contributed by atoms with Crippen molar-refractivity contribution in [2.75, 3.05) is 26.2 Å². The highest BCUT2D eigenvalue weighted by atomic mass is 16.5. The average molecular weight is 539 g/mol. The van der Waals surface area contributed by atoms with Gasteiger partial charge in [-0.1, -0.05) is 54.6 Å².